The number of hydrogen-bond donors (Lipinski definition) is 0. The van der Waals surface area contributed by atoms with E-state index in [1.165, 1.54) is 12.3 Å². The second-order valence-electron chi connectivity index (χ2n) is 4.54. The number of rotatable bonds is 4. The summed E-state index contributed by atoms with van der Waals surface area (Å²) in [7, 11) is -1.73. The number of nitrogens with zero attached hydrogens (tertiary/aromatic N) is 1. The van der Waals surface area contributed by atoms with Crippen LogP contribution in [-0.2, 0) is 4.43 Å². The number of benzene rings is 1. The van der Waals surface area contributed by atoms with E-state index in [0.717, 1.165) is 12.1 Å². The van der Waals surface area contributed by atoms with E-state index < -0.39 is 20.0 Å². The number of hydrogen-bond acceptors (Lipinski definition) is 2. The van der Waals surface area contributed by atoms with Crippen LogP contribution in [0.4, 0.5) is 8.78 Å². The molecule has 0 heterocycles. The molecule has 1 aromatic carbocycles. The Morgan fingerprint density at radius 1 is 1.29 bits per heavy atom. The molecule has 92 valence electrons. The van der Waals surface area contributed by atoms with Gasteiger partial charge < -0.3 is 4.43 Å². The van der Waals surface area contributed by atoms with Gasteiger partial charge in [-0.2, -0.15) is 0 Å². The summed E-state index contributed by atoms with van der Waals surface area (Å²) >= 11 is 0. The fraction of sp³-hybridized carbons (Fsp3) is 0.250. The molecule has 5 heteroatoms. The predicted octanol–water partition coefficient (Wildman–Crippen LogP) is 3.71. The number of halogens is 2. The van der Waals surface area contributed by atoms with Gasteiger partial charge in [0, 0.05) is 6.21 Å². The Hall–Kier alpha value is -1.49. The van der Waals surface area contributed by atoms with Crippen molar-refractivity contribution in [3.63, 3.8) is 0 Å². The Bertz CT molecular complexity index is 452. The minimum atomic E-state index is -1.73. The first-order valence-corrected chi connectivity index (χ1v) is 8.56. The summed E-state index contributed by atoms with van der Waals surface area (Å²) < 4.78 is 31.0. The highest BCUT2D eigenvalue weighted by Gasteiger charge is 2.16. The second kappa shape index (κ2) is 5.22. The summed E-state index contributed by atoms with van der Waals surface area (Å²) in [4.78, 5) is 3.95. The molecule has 17 heavy (non-hydrogen) atoms. The molecule has 0 aromatic heterocycles. The van der Waals surface area contributed by atoms with Crippen molar-refractivity contribution in [1.82, 2.24) is 0 Å². The zero-order valence-corrected chi connectivity index (χ0v) is 11.1. The Labute approximate surface area is 101 Å². The molecule has 0 amide bonds. The molecule has 0 fully saturated rings. The number of aliphatic imine (C=N–C) groups is 1. The SMILES string of the molecule is C=C(/N=C/c1ccc(F)c(F)c1)O[Si](C)(C)C. The van der Waals surface area contributed by atoms with Crippen molar-refractivity contribution in [3.05, 3.63) is 47.9 Å². The lowest BCUT2D eigenvalue weighted by Gasteiger charge is -2.17. The monoisotopic (exact) mass is 255 g/mol. The van der Waals surface area contributed by atoms with Crippen molar-refractivity contribution >= 4 is 14.5 Å². The van der Waals surface area contributed by atoms with Crippen LogP contribution in [0, 0.1) is 11.6 Å². The first-order chi connectivity index (χ1) is 7.78. The average molecular weight is 255 g/mol. The quantitative estimate of drug-likeness (QED) is 0.456. The van der Waals surface area contributed by atoms with Gasteiger partial charge in [-0.3, -0.25) is 0 Å². The standard InChI is InChI=1S/C12H15F2NOSi/c1-9(16-17(2,3)4)15-8-10-5-6-11(13)12(14)7-10/h5-8H,1H2,2-4H3/b15-8+. The summed E-state index contributed by atoms with van der Waals surface area (Å²) in [6.07, 6.45) is 1.39. The van der Waals surface area contributed by atoms with E-state index in [2.05, 4.69) is 11.6 Å². The maximum absolute atomic E-state index is 12.9. The molecular weight excluding hydrogens is 240 g/mol. The molecular formula is C12H15F2NOSi. The van der Waals surface area contributed by atoms with Crippen molar-refractivity contribution < 1.29 is 13.2 Å². The first-order valence-electron chi connectivity index (χ1n) is 5.15. The molecule has 0 aliphatic heterocycles. The van der Waals surface area contributed by atoms with E-state index >= 15 is 0 Å². The Kier molecular flexibility index (Phi) is 4.17. The summed E-state index contributed by atoms with van der Waals surface area (Å²) in [5.74, 6) is -1.49. The third-order valence-corrected chi connectivity index (χ3v) is 2.57. The lowest BCUT2D eigenvalue weighted by molar-refractivity contribution is 0.421. The molecule has 2 nitrogen and oxygen atoms in total. The van der Waals surface area contributed by atoms with Crippen LogP contribution in [0.2, 0.25) is 19.6 Å². The Balaban J connectivity index is 2.71. The van der Waals surface area contributed by atoms with E-state index in [1.54, 1.807) is 0 Å². The molecule has 0 spiro atoms. The molecule has 1 rings (SSSR count). The van der Waals surface area contributed by atoms with Crippen LogP contribution in [0.5, 0.6) is 0 Å². The highest BCUT2D eigenvalue weighted by atomic mass is 28.4. The minimum absolute atomic E-state index is 0.286. The third kappa shape index (κ3) is 4.91. The summed E-state index contributed by atoms with van der Waals surface area (Å²) in [6.45, 7) is 9.66. The van der Waals surface area contributed by atoms with Gasteiger partial charge in [0.15, 0.2) is 17.5 Å². The molecule has 0 saturated heterocycles. The van der Waals surface area contributed by atoms with Crippen molar-refractivity contribution in [2.45, 2.75) is 19.6 Å². The van der Waals surface area contributed by atoms with Crippen LogP contribution in [0.1, 0.15) is 5.56 Å². The molecule has 0 atom stereocenters. The fourth-order valence-electron chi connectivity index (χ4n) is 1.12. The van der Waals surface area contributed by atoms with Gasteiger partial charge in [0.05, 0.1) is 0 Å². The van der Waals surface area contributed by atoms with Crippen LogP contribution in [-0.4, -0.2) is 14.5 Å². The van der Waals surface area contributed by atoms with E-state index in [0.29, 0.717) is 5.56 Å². The fourth-order valence-corrected chi connectivity index (χ4v) is 1.88. The van der Waals surface area contributed by atoms with Crippen LogP contribution in [0.3, 0.4) is 0 Å². The maximum atomic E-state index is 12.9. The smallest absolute Gasteiger partial charge is 0.244 e. The van der Waals surface area contributed by atoms with Gasteiger partial charge in [0.25, 0.3) is 0 Å². The first kappa shape index (κ1) is 13.6. The van der Waals surface area contributed by atoms with E-state index in [-0.39, 0.29) is 5.88 Å². The molecule has 0 N–H and O–H groups in total. The van der Waals surface area contributed by atoms with Crippen LogP contribution < -0.4 is 0 Å². The highest BCUT2D eigenvalue weighted by Crippen LogP contribution is 2.11. The van der Waals surface area contributed by atoms with Gasteiger partial charge in [0.2, 0.25) is 8.32 Å². The van der Waals surface area contributed by atoms with Gasteiger partial charge in [-0.1, -0.05) is 6.07 Å². The maximum Gasteiger partial charge on any atom is 0.244 e. The van der Waals surface area contributed by atoms with Gasteiger partial charge in [-0.25, -0.2) is 13.8 Å². The van der Waals surface area contributed by atoms with Crippen molar-refractivity contribution in [1.29, 1.82) is 0 Å². The average Bonchev–Trinajstić information content (AvgIpc) is 2.17. The summed E-state index contributed by atoms with van der Waals surface area (Å²) in [5.41, 5.74) is 0.462. The van der Waals surface area contributed by atoms with Crippen molar-refractivity contribution in [3.8, 4) is 0 Å². The Morgan fingerprint density at radius 3 is 2.47 bits per heavy atom. The lowest BCUT2D eigenvalue weighted by atomic mass is 10.2. The van der Waals surface area contributed by atoms with Crippen LogP contribution in [0.15, 0.2) is 35.7 Å². The second-order valence-corrected chi connectivity index (χ2v) is 8.97. The molecule has 0 radical (unpaired) electrons. The van der Waals surface area contributed by atoms with E-state index in [4.69, 9.17) is 4.43 Å². The normalized spacial score (nSPS) is 11.8. The van der Waals surface area contributed by atoms with Crippen molar-refractivity contribution in [2.24, 2.45) is 4.99 Å². The minimum Gasteiger partial charge on any atom is -0.532 e. The third-order valence-electron chi connectivity index (χ3n) is 1.73. The van der Waals surface area contributed by atoms with Gasteiger partial charge in [0.1, 0.15) is 0 Å². The van der Waals surface area contributed by atoms with E-state index in [9.17, 15) is 8.78 Å². The van der Waals surface area contributed by atoms with Gasteiger partial charge >= 0.3 is 0 Å². The molecule has 0 saturated carbocycles. The molecule has 0 aliphatic carbocycles. The van der Waals surface area contributed by atoms with Crippen molar-refractivity contribution in [2.75, 3.05) is 0 Å². The van der Waals surface area contributed by atoms with Crippen LogP contribution in [0.25, 0.3) is 0 Å². The molecule has 0 aliphatic rings. The molecule has 1 aromatic rings. The summed E-state index contributed by atoms with van der Waals surface area (Å²) in [6, 6.07) is 3.56. The highest BCUT2D eigenvalue weighted by molar-refractivity contribution is 6.70. The molecule has 0 unspecified atom stereocenters. The largest absolute Gasteiger partial charge is 0.532 e. The zero-order valence-electron chi connectivity index (χ0n) is 10.1. The predicted molar refractivity (Wildman–Crippen MR) is 67.5 cm³/mol. The molecule has 0 bridgehead atoms. The lowest BCUT2D eigenvalue weighted by Crippen LogP contribution is -2.24. The van der Waals surface area contributed by atoms with Crippen LogP contribution >= 0.6 is 0 Å². The van der Waals surface area contributed by atoms with Gasteiger partial charge in [-0.05, 0) is 43.9 Å². The van der Waals surface area contributed by atoms with E-state index in [1.807, 2.05) is 19.6 Å². The van der Waals surface area contributed by atoms with Gasteiger partial charge in [-0.15, -0.1) is 0 Å². The zero-order chi connectivity index (χ0) is 13.1. The topological polar surface area (TPSA) is 21.6 Å². The summed E-state index contributed by atoms with van der Waals surface area (Å²) in [5, 5.41) is 0. The Morgan fingerprint density at radius 2 is 1.94 bits per heavy atom.